The molecular formula is C45H67ClN2O5. The number of aldehydes is 1. The average Bonchev–Trinajstić information content (AvgIpc) is 3.40. The van der Waals surface area contributed by atoms with Crippen LogP contribution in [0.15, 0.2) is 35.4 Å². The molecule has 1 aromatic rings. The van der Waals surface area contributed by atoms with E-state index in [1.807, 2.05) is 24.3 Å². The first kappa shape index (κ1) is 40.6. The van der Waals surface area contributed by atoms with E-state index in [9.17, 15) is 19.5 Å². The van der Waals surface area contributed by atoms with Crippen LogP contribution in [0.5, 0.6) is 0 Å². The van der Waals surface area contributed by atoms with Gasteiger partial charge in [0.05, 0.1) is 12.5 Å². The Morgan fingerprint density at radius 3 is 2.34 bits per heavy atom. The molecule has 294 valence electrons. The zero-order chi connectivity index (χ0) is 38.7. The predicted octanol–water partition coefficient (Wildman–Crippen LogP) is 8.58. The molecule has 1 aromatic carbocycles. The van der Waals surface area contributed by atoms with Crippen LogP contribution in [0.25, 0.3) is 0 Å². The summed E-state index contributed by atoms with van der Waals surface area (Å²) < 4.78 is 6.22. The highest BCUT2D eigenvalue weighted by atomic mass is 35.5. The second-order valence-corrected chi connectivity index (χ2v) is 20.4. The molecule has 4 saturated carbocycles. The smallest absolute Gasteiger partial charge is 0.307 e. The summed E-state index contributed by atoms with van der Waals surface area (Å²) in [5.41, 5.74) is 8.36. The van der Waals surface area contributed by atoms with Gasteiger partial charge in [0, 0.05) is 53.9 Å². The first-order valence-corrected chi connectivity index (χ1v) is 21.0. The molecule has 9 atom stereocenters. The maximum atomic E-state index is 14.1. The van der Waals surface area contributed by atoms with Crippen LogP contribution in [0.3, 0.4) is 0 Å². The van der Waals surface area contributed by atoms with Gasteiger partial charge in [-0.2, -0.15) is 0 Å². The van der Waals surface area contributed by atoms with E-state index in [1.54, 1.807) is 13.8 Å². The van der Waals surface area contributed by atoms with Crippen LogP contribution in [0.2, 0.25) is 5.02 Å². The second-order valence-electron chi connectivity index (χ2n) is 20.0. The number of carbonyl (C=O) groups is 3. The lowest BCUT2D eigenvalue weighted by Gasteiger charge is -2.69. The van der Waals surface area contributed by atoms with Crippen molar-refractivity contribution < 1.29 is 24.2 Å². The number of nitrogens with two attached hydrogens (primary N) is 1. The molecule has 0 spiro atoms. The van der Waals surface area contributed by atoms with E-state index in [4.69, 9.17) is 22.1 Å². The van der Waals surface area contributed by atoms with Gasteiger partial charge in [-0.3, -0.25) is 14.5 Å². The molecule has 7 nitrogen and oxygen atoms in total. The fraction of sp³-hybridized carbons (Fsp3) is 0.756. The number of aliphatic hydroxyl groups is 1. The van der Waals surface area contributed by atoms with E-state index in [0.29, 0.717) is 61.3 Å². The summed E-state index contributed by atoms with van der Waals surface area (Å²) in [5.74, 6) is 1.82. The van der Waals surface area contributed by atoms with Gasteiger partial charge in [0.1, 0.15) is 12.4 Å². The third kappa shape index (κ3) is 7.12. The fourth-order valence-electron chi connectivity index (χ4n) is 13.3. The van der Waals surface area contributed by atoms with Crippen molar-refractivity contribution in [3.8, 4) is 0 Å². The Morgan fingerprint density at radius 2 is 1.70 bits per heavy atom. The Balaban J connectivity index is 1.26. The van der Waals surface area contributed by atoms with Crippen molar-refractivity contribution in [1.82, 2.24) is 4.90 Å². The molecule has 0 bridgehead atoms. The van der Waals surface area contributed by atoms with Gasteiger partial charge in [0.25, 0.3) is 0 Å². The highest BCUT2D eigenvalue weighted by Gasteiger charge is 2.67. The molecule has 0 amide bonds. The van der Waals surface area contributed by atoms with Gasteiger partial charge in [-0.15, -0.1) is 0 Å². The van der Waals surface area contributed by atoms with Gasteiger partial charge < -0.3 is 20.4 Å². The third-order valence-corrected chi connectivity index (χ3v) is 15.9. The lowest BCUT2D eigenvalue weighted by Crippen LogP contribution is -2.63. The Kier molecular flexibility index (Phi) is 11.3. The summed E-state index contributed by atoms with van der Waals surface area (Å²) >= 11 is 6.18. The van der Waals surface area contributed by atoms with Crippen molar-refractivity contribution in [3.05, 3.63) is 46.0 Å². The molecule has 4 fully saturated rings. The van der Waals surface area contributed by atoms with E-state index in [-0.39, 0.29) is 46.4 Å². The number of rotatable bonds is 12. The van der Waals surface area contributed by atoms with Crippen molar-refractivity contribution in [2.45, 2.75) is 138 Å². The molecule has 0 aliphatic heterocycles. The van der Waals surface area contributed by atoms with Crippen molar-refractivity contribution in [3.63, 3.8) is 0 Å². The molecule has 6 rings (SSSR count). The number of ether oxygens (including phenoxy) is 1. The van der Waals surface area contributed by atoms with Crippen molar-refractivity contribution in [2.75, 3.05) is 19.6 Å². The van der Waals surface area contributed by atoms with Crippen LogP contribution in [0.4, 0.5) is 0 Å². The number of nitrogens with zero attached hydrogens (tertiary/aromatic N) is 1. The van der Waals surface area contributed by atoms with Crippen LogP contribution in [0, 0.1) is 56.7 Å². The number of benzene rings is 1. The molecule has 0 saturated heterocycles. The number of fused-ring (bicyclic) bond motifs is 7. The van der Waals surface area contributed by atoms with Crippen molar-refractivity contribution >= 4 is 29.6 Å². The fourth-order valence-corrected chi connectivity index (χ4v) is 13.4. The Bertz CT molecular complexity index is 1580. The third-order valence-electron chi connectivity index (χ3n) is 15.6. The van der Waals surface area contributed by atoms with Crippen LogP contribution in [0.1, 0.15) is 125 Å². The lowest BCUT2D eigenvalue weighted by atomic mass is 9.36. The zero-order valence-corrected chi connectivity index (χ0v) is 34.6. The van der Waals surface area contributed by atoms with Gasteiger partial charge in [-0.25, -0.2) is 0 Å². The highest BCUT2D eigenvalue weighted by molar-refractivity contribution is 6.30. The summed E-state index contributed by atoms with van der Waals surface area (Å²) in [5, 5.41) is 13.1. The molecule has 9 unspecified atom stereocenters. The molecule has 0 aromatic heterocycles. The molecule has 0 heterocycles. The zero-order valence-electron chi connectivity index (χ0n) is 33.8. The van der Waals surface area contributed by atoms with Crippen molar-refractivity contribution in [2.24, 2.45) is 62.4 Å². The average molecular weight is 751 g/mol. The molecule has 0 radical (unpaired) electrons. The van der Waals surface area contributed by atoms with E-state index < -0.39 is 16.9 Å². The Hall–Kier alpha value is -2.06. The largest absolute Gasteiger partial charge is 0.462 e. The standard InChI is InChI=1S/C45H67ClN2O5/c1-28(2)39-33(50)23-45(36(51)26-48(22-21-47)25-29-9-11-30(46)12-10-29)20-15-32-31(40(39)45)13-14-35-43(32,7)18-16-34-42(5,6)37(17-19-44(34,35)8)53-38(52)24-41(3,4)27-49/h9-12,27-28,31-32,34-37,51H,13-26,47H2,1-8H3. The van der Waals surface area contributed by atoms with Gasteiger partial charge in [-0.1, -0.05) is 84.7 Å². The lowest BCUT2D eigenvalue weighted by molar-refractivity contribution is -0.214. The van der Waals surface area contributed by atoms with Crippen LogP contribution >= 0.6 is 11.6 Å². The number of hydrogen-bond donors (Lipinski definition) is 2. The van der Waals surface area contributed by atoms with Gasteiger partial charge >= 0.3 is 5.97 Å². The van der Waals surface area contributed by atoms with E-state index in [1.165, 1.54) is 5.57 Å². The van der Waals surface area contributed by atoms with Gasteiger partial charge in [0.15, 0.2) is 5.78 Å². The number of carbonyl (C=O) groups excluding carboxylic acids is 3. The summed E-state index contributed by atoms with van der Waals surface area (Å²) in [7, 11) is 0. The maximum absolute atomic E-state index is 14.1. The molecular weight excluding hydrogens is 684 g/mol. The number of aliphatic hydroxyl groups excluding tert-OH is 1. The van der Waals surface area contributed by atoms with Crippen molar-refractivity contribution in [1.29, 1.82) is 0 Å². The monoisotopic (exact) mass is 750 g/mol. The minimum Gasteiger partial charge on any atom is -0.462 e. The van der Waals surface area contributed by atoms with Gasteiger partial charge in [0.2, 0.25) is 0 Å². The molecule has 53 heavy (non-hydrogen) atoms. The summed E-state index contributed by atoms with van der Waals surface area (Å²) in [4.78, 5) is 41.0. The number of Topliss-reactive ketones (excluding diaryl/α,β-unsaturated/α-hetero) is 1. The first-order valence-electron chi connectivity index (χ1n) is 20.6. The maximum Gasteiger partial charge on any atom is 0.307 e. The number of allylic oxidation sites excluding steroid dienone is 1. The van der Waals surface area contributed by atoms with Gasteiger partial charge in [-0.05, 0) is 115 Å². The van der Waals surface area contributed by atoms with E-state index >= 15 is 0 Å². The topological polar surface area (TPSA) is 110 Å². The Morgan fingerprint density at radius 1 is 1.02 bits per heavy atom. The minimum atomic E-state index is -0.723. The number of hydrogen-bond acceptors (Lipinski definition) is 7. The Labute approximate surface area is 324 Å². The first-order chi connectivity index (χ1) is 24.8. The number of halogens is 1. The normalized spacial score (nSPS) is 35.7. The number of ketones is 1. The molecule has 5 aliphatic rings. The van der Waals surface area contributed by atoms with Crippen LogP contribution in [-0.4, -0.2) is 59.9 Å². The minimum absolute atomic E-state index is 0.106. The summed E-state index contributed by atoms with van der Waals surface area (Å²) in [6.45, 7) is 20.0. The summed E-state index contributed by atoms with van der Waals surface area (Å²) in [6, 6.07) is 7.89. The second kappa shape index (κ2) is 14.8. The van der Waals surface area contributed by atoms with E-state index in [0.717, 1.165) is 68.8 Å². The molecule has 5 aliphatic carbocycles. The van der Waals surface area contributed by atoms with Crippen LogP contribution in [-0.2, 0) is 25.7 Å². The summed E-state index contributed by atoms with van der Waals surface area (Å²) in [6.07, 6.45) is 8.68. The predicted molar refractivity (Wildman–Crippen MR) is 211 cm³/mol. The SMILES string of the molecule is CC(C)C1=C2C3CCC4C(C)(CCC5C(C)(C)C(OC(=O)CC(C)(C)C=O)CCC54C)C3CCC2(C(O)CN(CCN)Cc2ccc(Cl)cc2)CC1=O. The van der Waals surface area contributed by atoms with Crippen LogP contribution < -0.4 is 5.73 Å². The molecule has 8 heteroatoms. The quantitative estimate of drug-likeness (QED) is 0.163. The number of esters is 1. The highest BCUT2D eigenvalue weighted by Crippen LogP contribution is 2.73. The molecule has 3 N–H and O–H groups in total. The van der Waals surface area contributed by atoms with E-state index in [2.05, 4.69) is 46.4 Å².